The van der Waals surface area contributed by atoms with Gasteiger partial charge in [0.2, 0.25) is 0 Å². The van der Waals surface area contributed by atoms with Gasteiger partial charge >= 0.3 is 7.91 Å². The molecule has 0 fully saturated rings. The fourth-order valence-electron chi connectivity index (χ4n) is 1.49. The number of fused-ring (bicyclic) bond motifs is 1. The van der Waals surface area contributed by atoms with Crippen molar-refractivity contribution in [3.8, 4) is 0 Å². The first-order valence-electron chi connectivity index (χ1n) is 6.45. The third-order valence-electron chi connectivity index (χ3n) is 2.47. The largest absolute Gasteiger partial charge is 0.510 e. The quantitative estimate of drug-likeness (QED) is 0.628. The van der Waals surface area contributed by atoms with Crippen molar-refractivity contribution in [1.29, 1.82) is 0 Å². The van der Waals surface area contributed by atoms with Crippen LogP contribution in [0.3, 0.4) is 0 Å². The second-order valence-corrected chi connectivity index (χ2v) is 5.32. The van der Waals surface area contributed by atoms with Crippen LogP contribution in [0, 0.1) is 0 Å². The number of benzene rings is 1. The Bertz CT molecular complexity index is 513. The van der Waals surface area contributed by atoms with E-state index in [4.69, 9.17) is 4.89 Å². The van der Waals surface area contributed by atoms with Gasteiger partial charge < -0.3 is 0 Å². The van der Waals surface area contributed by atoms with E-state index >= 15 is 0 Å². The van der Waals surface area contributed by atoms with E-state index in [2.05, 4.69) is 19.9 Å². The van der Waals surface area contributed by atoms with Crippen LogP contribution in [0.5, 0.6) is 0 Å². The number of H-pyrrole nitrogens is 1. The summed E-state index contributed by atoms with van der Waals surface area (Å²) in [6, 6.07) is 7.70. The smallest absolute Gasteiger partial charge is 0.299 e. The molecule has 8 heteroatoms. The highest BCUT2D eigenvalue weighted by Gasteiger charge is 2.15. The van der Waals surface area contributed by atoms with Gasteiger partial charge in [0.15, 0.2) is 0 Å². The molecular formula is C12H19FN3O3P. The molecule has 0 saturated carbocycles. The lowest BCUT2D eigenvalue weighted by atomic mass is 10.2. The average Bonchev–Trinajstić information content (AvgIpc) is 2.86. The fourth-order valence-corrected chi connectivity index (χ4v) is 1.85. The molecule has 6 nitrogen and oxygen atoms in total. The molecule has 0 spiro atoms. The Morgan fingerprint density at radius 2 is 1.85 bits per heavy atom. The molecule has 2 N–H and O–H groups in total. The molecule has 1 aromatic carbocycles. The number of nitrogens with zero attached hydrogens (tertiary/aromatic N) is 2. The number of aromatic amines is 1. The zero-order valence-electron chi connectivity index (χ0n) is 11.3. The van der Waals surface area contributed by atoms with Gasteiger partial charge in [-0.3, -0.25) is 9.42 Å². The fraction of sp³-hybridized carbons (Fsp3) is 0.500. The highest BCUT2D eigenvalue weighted by Crippen LogP contribution is 2.43. The SMILES string of the molecule is CCCCCCOP(=O)(O)F.c1ccc2n[nH]nc2c1. The number of para-hydroxylation sites is 2. The van der Waals surface area contributed by atoms with Gasteiger partial charge in [-0.2, -0.15) is 15.4 Å². The van der Waals surface area contributed by atoms with Gasteiger partial charge in [0.05, 0.1) is 6.61 Å². The molecule has 0 bridgehead atoms. The maximum Gasteiger partial charge on any atom is 0.510 e. The molecule has 0 aliphatic rings. The Balaban J connectivity index is 0.000000202. The zero-order valence-corrected chi connectivity index (χ0v) is 12.2. The summed E-state index contributed by atoms with van der Waals surface area (Å²) < 4.78 is 25.7. The third kappa shape index (κ3) is 7.33. The van der Waals surface area contributed by atoms with E-state index in [1.807, 2.05) is 31.2 Å². The summed E-state index contributed by atoms with van der Waals surface area (Å²) in [5.41, 5.74) is 1.83. The summed E-state index contributed by atoms with van der Waals surface area (Å²) in [5.74, 6) is 0. The van der Waals surface area contributed by atoms with Crippen molar-refractivity contribution in [3.63, 3.8) is 0 Å². The molecule has 0 aliphatic carbocycles. The van der Waals surface area contributed by atoms with Crippen LogP contribution in [0.1, 0.15) is 32.6 Å². The molecule has 20 heavy (non-hydrogen) atoms. The first-order chi connectivity index (χ1) is 9.53. The predicted molar refractivity (Wildman–Crippen MR) is 74.9 cm³/mol. The van der Waals surface area contributed by atoms with Crippen LogP contribution in [-0.2, 0) is 9.09 Å². The second-order valence-electron chi connectivity index (χ2n) is 4.16. The van der Waals surface area contributed by atoms with Crippen molar-refractivity contribution < 1.29 is 18.2 Å². The third-order valence-corrected chi connectivity index (χ3v) is 2.97. The Morgan fingerprint density at radius 1 is 1.25 bits per heavy atom. The normalized spacial score (nSPS) is 13.6. The summed E-state index contributed by atoms with van der Waals surface area (Å²) in [5, 5.41) is 10.3. The summed E-state index contributed by atoms with van der Waals surface area (Å²) in [6.45, 7) is 2.08. The minimum Gasteiger partial charge on any atom is -0.299 e. The molecule has 112 valence electrons. The summed E-state index contributed by atoms with van der Waals surface area (Å²) in [7, 11) is -4.71. The maximum absolute atomic E-state index is 11.8. The van der Waals surface area contributed by atoms with E-state index in [0.29, 0.717) is 6.42 Å². The van der Waals surface area contributed by atoms with Crippen molar-refractivity contribution in [2.75, 3.05) is 6.61 Å². The molecule has 1 atom stereocenters. The van der Waals surface area contributed by atoms with E-state index in [-0.39, 0.29) is 6.61 Å². The van der Waals surface area contributed by atoms with Crippen molar-refractivity contribution in [1.82, 2.24) is 15.4 Å². The van der Waals surface area contributed by atoms with Gasteiger partial charge in [-0.15, -0.1) is 4.20 Å². The van der Waals surface area contributed by atoms with Crippen LogP contribution in [-0.4, -0.2) is 26.9 Å². The van der Waals surface area contributed by atoms with Crippen LogP contribution in [0.2, 0.25) is 0 Å². The zero-order chi connectivity index (χ0) is 14.8. The number of hydrogen-bond acceptors (Lipinski definition) is 4. The molecule has 1 unspecified atom stereocenters. The van der Waals surface area contributed by atoms with Crippen LogP contribution >= 0.6 is 7.91 Å². The van der Waals surface area contributed by atoms with Gasteiger partial charge in [0.25, 0.3) is 0 Å². The van der Waals surface area contributed by atoms with Crippen molar-refractivity contribution in [3.05, 3.63) is 24.3 Å². The van der Waals surface area contributed by atoms with Crippen molar-refractivity contribution >= 4 is 18.9 Å². The molecular weight excluding hydrogens is 284 g/mol. The molecule has 0 amide bonds. The van der Waals surface area contributed by atoms with Gasteiger partial charge in [-0.25, -0.2) is 4.57 Å². The van der Waals surface area contributed by atoms with Gasteiger partial charge in [-0.1, -0.05) is 38.3 Å². The Morgan fingerprint density at radius 3 is 2.35 bits per heavy atom. The summed E-state index contributed by atoms with van der Waals surface area (Å²) in [6.07, 6.45) is 3.68. The second kappa shape index (κ2) is 8.79. The number of unbranched alkanes of at least 4 members (excludes halogenated alkanes) is 3. The standard InChI is InChI=1S/C6H14FO3P.C6H5N3/c1-2-3-4-5-6-10-11(7,8)9;1-2-4-6-5(3-1)7-9-8-6/h2-6H2,1H3,(H,8,9);1-4H,(H,7,8,9). The number of halogens is 1. The van der Waals surface area contributed by atoms with E-state index < -0.39 is 7.91 Å². The molecule has 2 aromatic rings. The topological polar surface area (TPSA) is 88.1 Å². The van der Waals surface area contributed by atoms with Crippen LogP contribution < -0.4 is 0 Å². The minimum atomic E-state index is -4.71. The number of rotatable bonds is 6. The number of nitrogens with one attached hydrogen (secondary N) is 1. The van der Waals surface area contributed by atoms with E-state index in [1.54, 1.807) is 0 Å². The van der Waals surface area contributed by atoms with Gasteiger partial charge in [0.1, 0.15) is 11.0 Å². The van der Waals surface area contributed by atoms with E-state index in [1.165, 1.54) is 0 Å². The van der Waals surface area contributed by atoms with Crippen LogP contribution in [0.25, 0.3) is 11.0 Å². The van der Waals surface area contributed by atoms with Crippen LogP contribution in [0.4, 0.5) is 4.20 Å². The first kappa shape index (κ1) is 16.8. The van der Waals surface area contributed by atoms with E-state index in [9.17, 15) is 8.76 Å². The summed E-state index contributed by atoms with van der Waals surface area (Å²) in [4.78, 5) is 8.04. The van der Waals surface area contributed by atoms with Crippen LogP contribution in [0.15, 0.2) is 24.3 Å². The van der Waals surface area contributed by atoms with E-state index in [0.717, 1.165) is 30.3 Å². The Hall–Kier alpha value is -1.30. The highest BCUT2D eigenvalue weighted by atomic mass is 31.2. The number of aromatic nitrogens is 3. The first-order valence-corrected chi connectivity index (χ1v) is 7.92. The van der Waals surface area contributed by atoms with Crippen molar-refractivity contribution in [2.24, 2.45) is 0 Å². The Labute approximate surface area is 117 Å². The highest BCUT2D eigenvalue weighted by molar-refractivity contribution is 7.46. The van der Waals surface area contributed by atoms with Gasteiger partial charge in [-0.05, 0) is 18.6 Å². The minimum absolute atomic E-state index is 0.0320. The molecule has 1 heterocycles. The molecule has 0 saturated heterocycles. The average molecular weight is 303 g/mol. The molecule has 0 aliphatic heterocycles. The van der Waals surface area contributed by atoms with Gasteiger partial charge in [0, 0.05) is 0 Å². The molecule has 2 rings (SSSR count). The van der Waals surface area contributed by atoms with Crippen molar-refractivity contribution in [2.45, 2.75) is 32.6 Å². The lowest BCUT2D eigenvalue weighted by Gasteiger charge is -2.01. The molecule has 1 aromatic heterocycles. The monoisotopic (exact) mass is 303 g/mol. The Kier molecular flexibility index (Phi) is 7.36. The maximum atomic E-state index is 11.8. The lowest BCUT2D eigenvalue weighted by Crippen LogP contribution is -1.89. The summed E-state index contributed by atoms with van der Waals surface area (Å²) >= 11 is 0. The molecule has 0 radical (unpaired) electrons. The number of hydrogen-bond donors (Lipinski definition) is 2. The predicted octanol–water partition coefficient (Wildman–Crippen LogP) is 3.61. The lowest BCUT2D eigenvalue weighted by molar-refractivity contribution is 0.222.